The number of H-pyrrole nitrogens is 2. The Morgan fingerprint density at radius 3 is 2.50 bits per heavy atom. The maximum Gasteiger partial charge on any atom is 0.492 e. The van der Waals surface area contributed by atoms with E-state index in [2.05, 4.69) is 15.3 Å². The van der Waals surface area contributed by atoms with Gasteiger partial charge in [-0.15, -0.1) is 0 Å². The zero-order valence-electron chi connectivity index (χ0n) is 8.36. The molecule has 0 bridgehead atoms. The molecule has 0 aliphatic heterocycles. The van der Waals surface area contributed by atoms with E-state index in [-0.39, 0.29) is 6.04 Å². The maximum atomic E-state index is 8.78. The van der Waals surface area contributed by atoms with Crippen LogP contribution in [0.4, 0.5) is 5.82 Å². The van der Waals surface area contributed by atoms with Crippen molar-refractivity contribution in [3.05, 3.63) is 15.5 Å². The number of aromatic amines is 2. The van der Waals surface area contributed by atoms with Gasteiger partial charge >= 0.3 is 8.80 Å². The highest BCUT2D eigenvalue weighted by atomic mass is 32.1. The van der Waals surface area contributed by atoms with Crippen LogP contribution >= 0.6 is 24.4 Å². The Balaban J connectivity index is 2.44. The number of hydrogen-bond acceptors (Lipinski definition) is 6. The van der Waals surface area contributed by atoms with Gasteiger partial charge in [0.05, 0.1) is 0 Å². The van der Waals surface area contributed by atoms with Crippen LogP contribution in [0, 0.1) is 9.41 Å². The largest absolute Gasteiger partial charge is 0.492 e. The minimum atomic E-state index is -3.91. The average Bonchev–Trinajstić information content (AvgIpc) is 2.09. The average molecular weight is 279 g/mol. The third-order valence-electron chi connectivity index (χ3n) is 1.76. The van der Waals surface area contributed by atoms with Crippen LogP contribution in [-0.2, 0) is 0 Å². The van der Waals surface area contributed by atoms with Gasteiger partial charge in [-0.1, -0.05) is 12.2 Å². The van der Waals surface area contributed by atoms with Gasteiger partial charge < -0.3 is 29.7 Å². The van der Waals surface area contributed by atoms with Crippen LogP contribution in [0.15, 0.2) is 6.07 Å². The van der Waals surface area contributed by atoms with E-state index in [0.717, 1.165) is 0 Å². The molecular formula is C7H13N3O3S2Si. The monoisotopic (exact) mass is 279 g/mol. The van der Waals surface area contributed by atoms with E-state index in [9.17, 15) is 0 Å². The van der Waals surface area contributed by atoms with E-state index in [4.69, 9.17) is 38.8 Å². The van der Waals surface area contributed by atoms with Crippen LogP contribution in [0.5, 0.6) is 0 Å². The Morgan fingerprint density at radius 1 is 1.25 bits per heavy atom. The van der Waals surface area contributed by atoms with E-state index in [1.807, 2.05) is 0 Å². The molecule has 9 heteroatoms. The van der Waals surface area contributed by atoms with Crippen molar-refractivity contribution in [1.29, 1.82) is 0 Å². The number of aromatic nitrogens is 2. The Kier molecular flexibility index (Phi) is 4.77. The lowest BCUT2D eigenvalue weighted by atomic mass is 10.4. The Hall–Kier alpha value is -0.583. The molecule has 0 atom stereocenters. The molecule has 0 unspecified atom stereocenters. The van der Waals surface area contributed by atoms with Crippen LogP contribution in [-0.4, -0.2) is 39.7 Å². The van der Waals surface area contributed by atoms with Gasteiger partial charge in [0.15, 0.2) is 4.77 Å². The van der Waals surface area contributed by atoms with E-state index < -0.39 is 8.80 Å². The fraction of sp³-hybridized carbons (Fsp3) is 0.429. The molecule has 1 aromatic heterocycles. The van der Waals surface area contributed by atoms with Crippen molar-refractivity contribution >= 4 is 39.1 Å². The first-order chi connectivity index (χ1) is 7.37. The minimum absolute atomic E-state index is 0.000420. The molecule has 1 heterocycles. The summed E-state index contributed by atoms with van der Waals surface area (Å²) in [6, 6.07) is 1.67. The van der Waals surface area contributed by atoms with Gasteiger partial charge in [0, 0.05) is 18.7 Å². The molecule has 0 spiro atoms. The second kappa shape index (κ2) is 5.66. The summed E-state index contributed by atoms with van der Waals surface area (Å²) in [4.78, 5) is 31.9. The lowest BCUT2D eigenvalue weighted by Gasteiger charge is -2.10. The SMILES string of the molecule is O[Si](O)(O)CCCNc1cc(=S)[nH]c(=S)[nH]1. The molecule has 0 saturated heterocycles. The summed E-state index contributed by atoms with van der Waals surface area (Å²) in [6.45, 7) is 0.487. The van der Waals surface area contributed by atoms with Gasteiger partial charge in [-0.3, -0.25) is 0 Å². The summed E-state index contributed by atoms with van der Waals surface area (Å²) in [5, 5.41) is 2.98. The van der Waals surface area contributed by atoms with Gasteiger partial charge in [0.2, 0.25) is 0 Å². The Labute approximate surface area is 103 Å². The molecule has 16 heavy (non-hydrogen) atoms. The van der Waals surface area contributed by atoms with Crippen LogP contribution in [0.25, 0.3) is 0 Å². The fourth-order valence-electron chi connectivity index (χ4n) is 1.11. The van der Waals surface area contributed by atoms with Crippen molar-refractivity contribution in [1.82, 2.24) is 9.97 Å². The van der Waals surface area contributed by atoms with Crippen LogP contribution < -0.4 is 5.32 Å². The quantitative estimate of drug-likeness (QED) is 0.267. The standard InChI is InChI=1S/C7H13N3O3S2Si/c11-16(12,13)3-1-2-8-5-4-6(14)10-7(15)9-5/h4,11-13H,1-3H2,(H3,8,9,10,14,15). The molecule has 90 valence electrons. The predicted molar refractivity (Wildman–Crippen MR) is 67.1 cm³/mol. The summed E-state index contributed by atoms with van der Waals surface area (Å²) < 4.78 is 0.937. The van der Waals surface area contributed by atoms with E-state index >= 15 is 0 Å². The molecule has 0 fully saturated rings. The zero-order valence-corrected chi connectivity index (χ0v) is 11.0. The summed E-state index contributed by atoms with van der Waals surface area (Å²) in [6.07, 6.45) is 0.446. The topological polar surface area (TPSA) is 104 Å². The van der Waals surface area contributed by atoms with Crippen LogP contribution in [0.2, 0.25) is 6.04 Å². The molecule has 0 aliphatic rings. The van der Waals surface area contributed by atoms with Gasteiger partial charge in [-0.2, -0.15) is 0 Å². The smallest absolute Gasteiger partial charge is 0.390 e. The van der Waals surface area contributed by atoms with Crippen molar-refractivity contribution in [2.75, 3.05) is 11.9 Å². The lowest BCUT2D eigenvalue weighted by Crippen LogP contribution is -2.34. The van der Waals surface area contributed by atoms with Gasteiger partial charge in [-0.25, -0.2) is 0 Å². The maximum absolute atomic E-state index is 8.78. The van der Waals surface area contributed by atoms with Gasteiger partial charge in [0.1, 0.15) is 10.5 Å². The van der Waals surface area contributed by atoms with Crippen molar-refractivity contribution in [2.24, 2.45) is 0 Å². The van der Waals surface area contributed by atoms with E-state index in [1.165, 1.54) is 0 Å². The van der Waals surface area contributed by atoms with Crippen molar-refractivity contribution < 1.29 is 14.4 Å². The highest BCUT2D eigenvalue weighted by Gasteiger charge is 2.25. The number of nitrogens with one attached hydrogen (secondary N) is 3. The summed E-state index contributed by atoms with van der Waals surface area (Å²) in [5.41, 5.74) is 0. The summed E-state index contributed by atoms with van der Waals surface area (Å²) >= 11 is 9.82. The Bertz CT molecular complexity index is 425. The van der Waals surface area contributed by atoms with Crippen LogP contribution in [0.3, 0.4) is 0 Å². The van der Waals surface area contributed by atoms with Gasteiger partial charge in [-0.05, 0) is 18.6 Å². The highest BCUT2D eigenvalue weighted by molar-refractivity contribution is 7.72. The molecule has 6 N–H and O–H groups in total. The first-order valence-corrected chi connectivity index (χ1v) is 7.48. The number of anilines is 1. The predicted octanol–water partition coefficient (Wildman–Crippen LogP) is 0.520. The Morgan fingerprint density at radius 2 is 1.94 bits per heavy atom. The lowest BCUT2D eigenvalue weighted by molar-refractivity contribution is 0.227. The number of hydrogen-bond donors (Lipinski definition) is 6. The molecule has 1 rings (SSSR count). The molecule has 6 nitrogen and oxygen atoms in total. The molecule has 0 aromatic carbocycles. The molecule has 0 radical (unpaired) electrons. The van der Waals surface area contributed by atoms with Crippen molar-refractivity contribution in [3.8, 4) is 0 Å². The molecule has 1 aromatic rings. The van der Waals surface area contributed by atoms with Crippen molar-refractivity contribution in [2.45, 2.75) is 12.5 Å². The molecule has 0 amide bonds. The minimum Gasteiger partial charge on any atom is -0.390 e. The zero-order chi connectivity index (χ0) is 12.2. The third kappa shape index (κ3) is 5.49. The fourth-order valence-corrected chi connectivity index (χ4v) is 2.27. The second-order valence-electron chi connectivity index (χ2n) is 3.31. The first-order valence-electron chi connectivity index (χ1n) is 4.61. The molecule has 0 aliphatic carbocycles. The number of rotatable bonds is 5. The van der Waals surface area contributed by atoms with Gasteiger partial charge in [0.25, 0.3) is 0 Å². The van der Waals surface area contributed by atoms with E-state index in [1.54, 1.807) is 6.07 Å². The van der Waals surface area contributed by atoms with E-state index in [0.29, 0.717) is 28.2 Å². The van der Waals surface area contributed by atoms with Crippen molar-refractivity contribution in [3.63, 3.8) is 0 Å². The molecule has 0 saturated carbocycles. The third-order valence-corrected chi connectivity index (χ3v) is 3.21. The summed E-state index contributed by atoms with van der Waals surface area (Å²) in [7, 11) is -3.91. The van der Waals surface area contributed by atoms with Crippen LogP contribution in [0.1, 0.15) is 6.42 Å². The normalized spacial score (nSPS) is 11.4. The first kappa shape index (κ1) is 13.5. The second-order valence-corrected chi connectivity index (χ2v) is 6.20. The molecular weight excluding hydrogens is 266 g/mol. The highest BCUT2D eigenvalue weighted by Crippen LogP contribution is 2.04. The summed E-state index contributed by atoms with van der Waals surface area (Å²) in [5.74, 6) is 0.662.